The van der Waals surface area contributed by atoms with E-state index in [2.05, 4.69) is 20.8 Å². The van der Waals surface area contributed by atoms with E-state index in [4.69, 9.17) is 4.74 Å². The summed E-state index contributed by atoms with van der Waals surface area (Å²) in [4.78, 5) is 16.6. The zero-order valence-corrected chi connectivity index (χ0v) is 19.4. The lowest BCUT2D eigenvalue weighted by Gasteiger charge is -2.09. The lowest BCUT2D eigenvalue weighted by atomic mass is 10.0. The Morgan fingerprint density at radius 3 is 2.69 bits per heavy atom. The van der Waals surface area contributed by atoms with Crippen molar-refractivity contribution in [3.05, 3.63) is 82.9 Å². The first-order chi connectivity index (χ1) is 16.8. The Kier molecular flexibility index (Phi) is 7.31. The number of carbonyl (C=O) groups excluding carboxylic acids is 1. The fourth-order valence-electron chi connectivity index (χ4n) is 3.41. The second-order valence-corrected chi connectivity index (χ2v) is 8.31. The summed E-state index contributed by atoms with van der Waals surface area (Å²) in [5, 5.41) is 10.8. The molecule has 6 nitrogen and oxygen atoms in total. The number of nitrogens with zero attached hydrogens (tertiary/aromatic N) is 2. The van der Waals surface area contributed by atoms with Crippen LogP contribution in [0.1, 0.15) is 23.7 Å². The molecule has 2 N–H and O–H groups in total. The van der Waals surface area contributed by atoms with Gasteiger partial charge in [0.2, 0.25) is 5.91 Å². The number of carbonyl (C=O) groups is 1. The molecular formula is C25H21F3N4O2S. The zero-order valence-electron chi connectivity index (χ0n) is 18.6. The molecule has 0 saturated heterocycles. The molecule has 35 heavy (non-hydrogen) atoms. The Labute approximate surface area is 203 Å². The standard InChI is InChI=1S/C25H21F3N4O2S/c1-2-34-22-11-10-16(20-8-3-4-9-21(20)22)14-29-32-23(33)13-19-15-35-24(31-19)30-18-7-5-6-17(12-18)25(26,27)28/h3-12,14-15H,2,13H2,1H3,(H,30,31)(H,32,33)/b29-14-. The van der Waals surface area contributed by atoms with Crippen molar-refractivity contribution in [2.24, 2.45) is 5.10 Å². The fourth-order valence-corrected chi connectivity index (χ4v) is 4.14. The number of hydrazone groups is 1. The van der Waals surface area contributed by atoms with E-state index in [1.807, 2.05) is 43.3 Å². The number of hydrogen-bond acceptors (Lipinski definition) is 6. The van der Waals surface area contributed by atoms with E-state index in [0.717, 1.165) is 34.2 Å². The van der Waals surface area contributed by atoms with Crippen molar-refractivity contribution in [1.29, 1.82) is 0 Å². The lowest BCUT2D eigenvalue weighted by Crippen LogP contribution is -2.20. The molecule has 10 heteroatoms. The van der Waals surface area contributed by atoms with Crippen LogP contribution >= 0.6 is 11.3 Å². The predicted octanol–water partition coefficient (Wildman–Crippen LogP) is 6.15. The maximum Gasteiger partial charge on any atom is 0.416 e. The van der Waals surface area contributed by atoms with Crippen molar-refractivity contribution in [2.45, 2.75) is 19.5 Å². The third-order valence-corrected chi connectivity index (χ3v) is 5.75. The van der Waals surface area contributed by atoms with Crippen LogP contribution in [-0.4, -0.2) is 23.7 Å². The molecule has 4 aromatic rings. The summed E-state index contributed by atoms with van der Waals surface area (Å²) in [6.45, 7) is 2.48. The van der Waals surface area contributed by atoms with Gasteiger partial charge in [-0.15, -0.1) is 11.3 Å². The Balaban J connectivity index is 1.37. The third kappa shape index (κ3) is 6.15. The van der Waals surface area contributed by atoms with Gasteiger partial charge in [0.15, 0.2) is 5.13 Å². The predicted molar refractivity (Wildman–Crippen MR) is 131 cm³/mol. The van der Waals surface area contributed by atoms with Gasteiger partial charge in [0, 0.05) is 22.0 Å². The first-order valence-corrected chi connectivity index (χ1v) is 11.6. The Bertz CT molecular complexity index is 1370. The molecule has 0 aliphatic heterocycles. The van der Waals surface area contributed by atoms with Gasteiger partial charge in [-0.1, -0.05) is 30.3 Å². The summed E-state index contributed by atoms with van der Waals surface area (Å²) >= 11 is 1.19. The topological polar surface area (TPSA) is 75.6 Å². The number of rotatable bonds is 8. The molecule has 0 atom stereocenters. The molecule has 1 amide bonds. The van der Waals surface area contributed by atoms with E-state index in [1.54, 1.807) is 11.6 Å². The van der Waals surface area contributed by atoms with Crippen LogP contribution in [0.25, 0.3) is 10.8 Å². The molecular weight excluding hydrogens is 477 g/mol. The van der Waals surface area contributed by atoms with Crippen molar-refractivity contribution in [2.75, 3.05) is 11.9 Å². The van der Waals surface area contributed by atoms with Crippen LogP contribution in [-0.2, 0) is 17.4 Å². The highest BCUT2D eigenvalue weighted by Gasteiger charge is 2.30. The molecule has 0 bridgehead atoms. The normalized spacial score (nSPS) is 11.7. The number of ether oxygens (including phenoxy) is 1. The second-order valence-electron chi connectivity index (χ2n) is 7.45. The number of anilines is 2. The van der Waals surface area contributed by atoms with Crippen LogP contribution in [0.3, 0.4) is 0 Å². The number of hydrogen-bond donors (Lipinski definition) is 2. The third-order valence-electron chi connectivity index (χ3n) is 4.95. The number of alkyl halides is 3. The SMILES string of the molecule is CCOc1ccc(/C=N\NC(=O)Cc2csc(Nc3cccc(C(F)(F)F)c3)n2)c2ccccc12. The number of fused-ring (bicyclic) bond motifs is 1. The fraction of sp³-hybridized carbons (Fsp3) is 0.160. The lowest BCUT2D eigenvalue weighted by molar-refractivity contribution is -0.137. The van der Waals surface area contributed by atoms with Crippen molar-refractivity contribution in [1.82, 2.24) is 10.4 Å². The van der Waals surface area contributed by atoms with Gasteiger partial charge in [-0.3, -0.25) is 4.79 Å². The average molecular weight is 499 g/mol. The van der Waals surface area contributed by atoms with Crippen LogP contribution in [0.15, 0.2) is 71.1 Å². The number of aromatic nitrogens is 1. The quantitative estimate of drug-likeness (QED) is 0.226. The number of thiazole rings is 1. The van der Waals surface area contributed by atoms with E-state index in [0.29, 0.717) is 17.4 Å². The molecule has 0 fully saturated rings. The summed E-state index contributed by atoms with van der Waals surface area (Å²) in [5.41, 5.74) is 3.29. The molecule has 3 aromatic carbocycles. The summed E-state index contributed by atoms with van der Waals surface area (Å²) in [6.07, 6.45) is -2.89. The van der Waals surface area contributed by atoms with Gasteiger partial charge in [-0.05, 0) is 42.6 Å². The summed E-state index contributed by atoms with van der Waals surface area (Å²) in [7, 11) is 0. The minimum atomic E-state index is -4.43. The summed E-state index contributed by atoms with van der Waals surface area (Å²) in [5.74, 6) is 0.412. The first-order valence-electron chi connectivity index (χ1n) is 10.7. The minimum absolute atomic E-state index is 0.0257. The van der Waals surface area contributed by atoms with Crippen molar-refractivity contribution < 1.29 is 22.7 Å². The molecule has 0 saturated carbocycles. The Morgan fingerprint density at radius 2 is 1.91 bits per heavy atom. The molecule has 1 heterocycles. The van der Waals surface area contributed by atoms with E-state index in [9.17, 15) is 18.0 Å². The first kappa shape index (κ1) is 24.2. The molecule has 0 aliphatic rings. The molecule has 4 rings (SSSR count). The van der Waals surface area contributed by atoms with Gasteiger partial charge in [-0.2, -0.15) is 18.3 Å². The van der Waals surface area contributed by atoms with Gasteiger partial charge in [-0.25, -0.2) is 10.4 Å². The second kappa shape index (κ2) is 10.6. The average Bonchev–Trinajstić information content (AvgIpc) is 3.26. The maximum absolute atomic E-state index is 12.9. The molecule has 0 spiro atoms. The van der Waals surface area contributed by atoms with Crippen molar-refractivity contribution >= 4 is 45.0 Å². The molecule has 0 unspecified atom stereocenters. The van der Waals surface area contributed by atoms with Gasteiger partial charge >= 0.3 is 6.18 Å². The summed E-state index contributed by atoms with van der Waals surface area (Å²) in [6, 6.07) is 16.3. The van der Waals surface area contributed by atoms with Crippen molar-refractivity contribution in [3.8, 4) is 5.75 Å². The minimum Gasteiger partial charge on any atom is -0.493 e. The maximum atomic E-state index is 12.9. The van der Waals surface area contributed by atoms with Crippen LogP contribution in [0.4, 0.5) is 24.0 Å². The Morgan fingerprint density at radius 1 is 1.11 bits per heavy atom. The van der Waals surface area contributed by atoms with Gasteiger partial charge in [0.1, 0.15) is 5.75 Å². The van der Waals surface area contributed by atoms with Crippen molar-refractivity contribution in [3.63, 3.8) is 0 Å². The van der Waals surface area contributed by atoms with Gasteiger partial charge in [0.25, 0.3) is 0 Å². The zero-order chi connectivity index (χ0) is 24.8. The molecule has 0 radical (unpaired) electrons. The van der Waals surface area contributed by atoms with E-state index < -0.39 is 11.7 Å². The monoisotopic (exact) mass is 498 g/mol. The Hall–Kier alpha value is -3.92. The highest BCUT2D eigenvalue weighted by Crippen LogP contribution is 2.32. The largest absolute Gasteiger partial charge is 0.493 e. The van der Waals surface area contributed by atoms with Crippen LogP contribution in [0.5, 0.6) is 5.75 Å². The van der Waals surface area contributed by atoms with E-state index in [-0.39, 0.29) is 18.0 Å². The van der Waals surface area contributed by atoms with Crippen LogP contribution in [0, 0.1) is 0 Å². The number of benzene rings is 3. The number of nitrogens with one attached hydrogen (secondary N) is 2. The van der Waals surface area contributed by atoms with E-state index in [1.165, 1.54) is 23.5 Å². The van der Waals surface area contributed by atoms with Gasteiger partial charge in [0.05, 0.1) is 30.5 Å². The highest BCUT2D eigenvalue weighted by molar-refractivity contribution is 7.13. The number of amides is 1. The molecule has 0 aliphatic carbocycles. The van der Waals surface area contributed by atoms with Crippen LogP contribution < -0.4 is 15.5 Å². The highest BCUT2D eigenvalue weighted by atomic mass is 32.1. The summed E-state index contributed by atoms with van der Waals surface area (Å²) < 4.78 is 44.3. The van der Waals surface area contributed by atoms with Gasteiger partial charge < -0.3 is 10.1 Å². The molecule has 1 aromatic heterocycles. The number of halogens is 3. The van der Waals surface area contributed by atoms with Crippen LogP contribution in [0.2, 0.25) is 0 Å². The van der Waals surface area contributed by atoms with E-state index >= 15 is 0 Å². The smallest absolute Gasteiger partial charge is 0.416 e. The molecule has 180 valence electrons.